The Labute approximate surface area is 679 Å². The number of benzene rings is 1. The summed E-state index contributed by atoms with van der Waals surface area (Å²) in [7, 11) is 31.9. The predicted molar refractivity (Wildman–Crippen MR) is 403 cm³/mol. The Morgan fingerprint density at radius 2 is 0.805 bits per heavy atom. The number of halogens is 21. The Balaban J connectivity index is -0.000000285. The van der Waals surface area contributed by atoms with Crippen LogP contribution in [0.2, 0.25) is 19.6 Å². The van der Waals surface area contributed by atoms with Crippen LogP contribution >= 0.6 is 246 Å². The second-order valence-electron chi connectivity index (χ2n) is 23.0. The van der Waals surface area contributed by atoms with Crippen molar-refractivity contribution in [3.63, 3.8) is 0 Å². The molecule has 0 heterocycles. The van der Waals surface area contributed by atoms with Gasteiger partial charge in [-0.2, -0.15) is 0 Å². The van der Waals surface area contributed by atoms with Gasteiger partial charge in [-0.1, -0.05) is 160 Å². The monoisotopic (exact) mass is 2410 g/mol. The van der Waals surface area contributed by atoms with E-state index in [1.807, 2.05) is 13.8 Å². The Kier molecular flexibility index (Phi) is 66.7. The van der Waals surface area contributed by atoms with Crippen molar-refractivity contribution in [1.29, 1.82) is 0 Å². The third-order valence-electron chi connectivity index (χ3n) is 16.8. The summed E-state index contributed by atoms with van der Waals surface area (Å²) in [6.45, 7) is 16.0. The molecule has 0 aromatic heterocycles. The Morgan fingerprint density at radius 1 is 0.537 bits per heavy atom. The van der Waals surface area contributed by atoms with Gasteiger partial charge in [0.05, 0.1) is 8.07 Å². The van der Waals surface area contributed by atoms with E-state index in [0.717, 1.165) is 89.2 Å². The fraction of sp³-hybridized carbons (Fsp3) is 0.796. The molecule has 0 N–H and O–H groups in total. The molecule has 1 aromatic rings. The van der Waals surface area contributed by atoms with E-state index in [9.17, 15) is 0 Å². The Hall–Kier alpha value is 12.3. The van der Waals surface area contributed by atoms with Crippen LogP contribution in [0.15, 0.2) is 28.2 Å². The van der Waals surface area contributed by atoms with Crippen molar-refractivity contribution >= 4 is 260 Å². The summed E-state index contributed by atoms with van der Waals surface area (Å²) in [5.41, 5.74) is 5.17. The average molecular weight is 2430 g/mol. The quantitative estimate of drug-likeness (QED) is 0.149. The molecule has 82 heavy (non-hydrogen) atoms. The SMILES string of the molecule is BrC1CCC2C(C1)CC1CC(Br)CCC12.BrC1CCC2C(C1)CC1CC(Br)CCC12.CC.CC1=Cc2c(Br)cccc2C1[Si](C)(C)C.CC1CC2CCC(Br)CC2C1.[Br-].[Br][Zr]([Br])([Br])[Br].[Br][Zr]([Br])[Br].[CH3-].[CH3-].[CH3-].[Cl][Ti+]([Cl])[Cl].[Cl][Ti]([Cl])([Cl])[Cl].[Li+].[Li+]. The Bertz CT molecular complexity index is 1710. The number of alkyl halides is 5. The summed E-state index contributed by atoms with van der Waals surface area (Å²) in [6.07, 6.45) is 30.4. The second kappa shape index (κ2) is 53.2. The molecule has 0 radical (unpaired) electrons. The van der Waals surface area contributed by atoms with E-state index in [-0.39, 0.29) is 77.0 Å². The van der Waals surface area contributed by atoms with Gasteiger partial charge < -0.3 is 39.3 Å². The van der Waals surface area contributed by atoms with Gasteiger partial charge in [0, 0.05) is 34.1 Å². The van der Waals surface area contributed by atoms with Gasteiger partial charge in [0.15, 0.2) is 0 Å². The van der Waals surface area contributed by atoms with E-state index < -0.39 is 60.7 Å². The van der Waals surface area contributed by atoms with Crippen LogP contribution in [0, 0.1) is 87.4 Å². The molecule has 9 aliphatic carbocycles. The summed E-state index contributed by atoms with van der Waals surface area (Å²) in [5.74, 6) is 11.9. The maximum Gasteiger partial charge on any atom is 1.00 e. The second-order valence-corrected chi connectivity index (χ2v) is 161. The number of hydrogen-bond acceptors (Lipinski definition) is 0. The van der Waals surface area contributed by atoms with Crippen LogP contribution in [0.5, 0.6) is 0 Å². The van der Waals surface area contributed by atoms with E-state index in [1.165, 1.54) is 130 Å². The molecule has 0 amide bonds. The van der Waals surface area contributed by atoms with Gasteiger partial charge in [-0.05, 0) is 211 Å². The normalized spacial score (nSPS) is 32.7. The zero-order chi connectivity index (χ0) is 58.0. The van der Waals surface area contributed by atoms with Crippen molar-refractivity contribution in [2.45, 2.75) is 199 Å². The fourth-order valence-corrected chi connectivity index (χ4v) is 21.6. The molecule has 17 atom stereocenters. The third kappa shape index (κ3) is 43.3. The number of allylic oxidation sites excluding steroid dienone is 1. The molecular weight excluding hydrogens is 2340 g/mol. The third-order valence-corrected chi connectivity index (χ3v) is 24.1. The summed E-state index contributed by atoms with van der Waals surface area (Å²) >= 11 is 39.8. The zero-order valence-corrected chi connectivity index (χ0v) is 86.5. The molecule has 9 aliphatic rings. The minimum Gasteiger partial charge on any atom is 1.00 e. The van der Waals surface area contributed by atoms with Gasteiger partial charge in [0.25, 0.3) is 0 Å². The molecular formula is C54H89Br14Cl7Li2SiTi2Zr2-. The largest absolute Gasteiger partial charge is 1.00 e. The molecule has 0 nitrogen and oxygen atoms in total. The number of hydrogen-bond donors (Lipinski definition) is 0. The van der Waals surface area contributed by atoms with Crippen LogP contribution in [0.1, 0.15) is 166 Å². The van der Waals surface area contributed by atoms with Crippen molar-refractivity contribution in [2.75, 3.05) is 0 Å². The van der Waals surface area contributed by atoms with Crippen molar-refractivity contribution in [3.8, 4) is 0 Å². The van der Waals surface area contributed by atoms with Crippen molar-refractivity contribution in [1.82, 2.24) is 0 Å². The topological polar surface area (TPSA) is 0 Å². The smallest absolute Gasteiger partial charge is 1.00 e. The molecule has 1 aromatic carbocycles. The van der Waals surface area contributed by atoms with Crippen LogP contribution in [-0.4, -0.2) is 32.2 Å². The molecule has 0 spiro atoms. The van der Waals surface area contributed by atoms with E-state index in [4.69, 9.17) is 65.1 Å². The van der Waals surface area contributed by atoms with Crippen LogP contribution < -0.4 is 54.7 Å². The van der Waals surface area contributed by atoms with Gasteiger partial charge in [0.1, 0.15) is 0 Å². The van der Waals surface area contributed by atoms with Crippen molar-refractivity contribution < 1.29 is 107 Å². The molecule has 28 heteroatoms. The zero-order valence-electron chi connectivity index (χ0n) is 50.0. The van der Waals surface area contributed by atoms with E-state index in [2.05, 4.69) is 239 Å². The minimum absolute atomic E-state index is 0. The molecule has 0 bridgehead atoms. The summed E-state index contributed by atoms with van der Waals surface area (Å²) in [4.78, 5) is 4.17. The first-order valence-electron chi connectivity index (χ1n) is 27.0. The van der Waals surface area contributed by atoms with Gasteiger partial charge in [-0.3, -0.25) is 0 Å². The van der Waals surface area contributed by atoms with Crippen LogP contribution in [0.3, 0.4) is 0 Å². The Morgan fingerprint density at radius 3 is 1.10 bits per heavy atom. The molecule has 17 unspecified atom stereocenters. The van der Waals surface area contributed by atoms with E-state index in [0.29, 0.717) is 5.54 Å². The molecule has 10 rings (SSSR count). The standard InChI is InChI=1S/2C13H20Br2.C13H17BrSi.C10H17Br.C2H6.3CH3.8BrH.7ClH.2Li.2Ti.2Zr/c2*14-10-1-3-12-8(6-10)5-9-7-11(15)2-4-13(9)12;1-9-8-11-10(6-5-7-12(11)14)13(9)15(2,3)4;1-7-4-8-2-3-10(11)6-9(8)5-7;1-2;;;;;;;;;;;;;;;;;;;;;;;;/h2*8-13H,1-7H2;5-8,13H,1-4H3;7-10H,2-6H2,1H3;1-2H3;3*1H3;15*1H;;;;;;/q;;;;;3*-1;;;;;;;;;;;;;;;;2*+1;2*+4;+3;+4/p-15. The van der Waals surface area contributed by atoms with Crippen LogP contribution in [0.25, 0.3) is 6.08 Å². The van der Waals surface area contributed by atoms with Gasteiger partial charge in [0.2, 0.25) is 0 Å². The first-order valence-corrected chi connectivity index (χ1v) is 90.3. The van der Waals surface area contributed by atoms with Crippen LogP contribution in [-0.2, 0) is 52.6 Å². The average Bonchev–Trinajstić information content (AvgIpc) is 4.02. The maximum atomic E-state index is 5.01. The summed E-state index contributed by atoms with van der Waals surface area (Å²) in [5, 5.41) is 0. The van der Waals surface area contributed by atoms with Crippen LogP contribution in [0.4, 0.5) is 0 Å². The van der Waals surface area contributed by atoms with E-state index in [1.54, 1.807) is 12.8 Å². The summed E-state index contributed by atoms with van der Waals surface area (Å²) in [6, 6.07) is 6.58. The predicted octanol–water partition coefficient (Wildman–Crippen LogP) is 22.0. The summed E-state index contributed by atoms with van der Waals surface area (Å²) < 4.78 is 1.24. The molecule has 475 valence electrons. The van der Waals surface area contributed by atoms with Crippen molar-refractivity contribution in [3.05, 3.63) is 61.7 Å². The first-order chi connectivity index (χ1) is 35.1. The first kappa shape index (κ1) is 103. The van der Waals surface area contributed by atoms with Gasteiger partial charge in [-0.15, -0.1) is 0 Å². The number of rotatable bonds is 1. The van der Waals surface area contributed by atoms with Gasteiger partial charge >= 0.3 is 241 Å². The molecule has 8 saturated carbocycles. The van der Waals surface area contributed by atoms with Gasteiger partial charge in [-0.25, -0.2) is 0 Å². The maximum absolute atomic E-state index is 5.01. The molecule has 0 aliphatic heterocycles. The van der Waals surface area contributed by atoms with Crippen molar-refractivity contribution in [2.24, 2.45) is 65.1 Å². The minimum atomic E-state index is -3.11. The number of fused-ring (bicyclic) bond motifs is 8. The fourth-order valence-electron chi connectivity index (χ4n) is 14.7. The van der Waals surface area contributed by atoms with E-state index >= 15 is 0 Å². The molecule has 0 saturated heterocycles. The molecule has 8 fully saturated rings.